The number of benzene rings is 3. The fourth-order valence-corrected chi connectivity index (χ4v) is 2.29. The molecule has 3 aromatic carbocycles. The Balaban J connectivity index is 1.59. The molecule has 3 nitrogen and oxygen atoms in total. The quantitative estimate of drug-likeness (QED) is 0.508. The molecular formula is C21H15N2O. The van der Waals surface area contributed by atoms with Crippen molar-refractivity contribution in [3.05, 3.63) is 95.6 Å². The van der Waals surface area contributed by atoms with Crippen LogP contribution in [-0.2, 0) is 11.4 Å². The molecule has 0 saturated carbocycles. The number of nitriles is 1. The predicted molar refractivity (Wildman–Crippen MR) is 94.4 cm³/mol. The van der Waals surface area contributed by atoms with Crippen LogP contribution >= 0.6 is 0 Å². The Morgan fingerprint density at radius 3 is 2.08 bits per heavy atom. The Bertz CT molecular complexity index is 862. The topological polar surface area (TPSA) is 45.4 Å². The van der Waals surface area contributed by atoms with Crippen LogP contribution in [0.15, 0.2) is 84.0 Å². The van der Waals surface area contributed by atoms with Gasteiger partial charge in [0.25, 0.3) is 0 Å². The number of hydrogen-bond donors (Lipinski definition) is 0. The first kappa shape index (κ1) is 15.5. The molecule has 0 atom stereocenters. The number of rotatable bonds is 5. The van der Waals surface area contributed by atoms with E-state index in [-0.39, 0.29) is 0 Å². The summed E-state index contributed by atoms with van der Waals surface area (Å²) >= 11 is 0. The largest absolute Gasteiger partial charge is 0.390 e. The van der Waals surface area contributed by atoms with Gasteiger partial charge in [0, 0.05) is 5.56 Å². The van der Waals surface area contributed by atoms with Crippen LogP contribution in [-0.4, -0.2) is 6.21 Å². The van der Waals surface area contributed by atoms with Crippen molar-refractivity contribution >= 4 is 6.21 Å². The lowest BCUT2D eigenvalue weighted by molar-refractivity contribution is 0.132. The molecule has 1 radical (unpaired) electrons. The summed E-state index contributed by atoms with van der Waals surface area (Å²) in [5.41, 5.74) is 4.52. The molecule has 0 amide bonds. The van der Waals surface area contributed by atoms with Crippen molar-refractivity contribution in [2.24, 2.45) is 5.16 Å². The molecule has 0 aliphatic carbocycles. The van der Waals surface area contributed by atoms with Crippen molar-refractivity contribution in [2.75, 3.05) is 0 Å². The highest BCUT2D eigenvalue weighted by atomic mass is 16.6. The van der Waals surface area contributed by atoms with Crippen molar-refractivity contribution in [1.82, 2.24) is 0 Å². The molecule has 3 aromatic rings. The SMILES string of the molecule is N#Cc1ccccc1/[C]=N\OCc1ccc(-c2ccccc2)cc1. The van der Waals surface area contributed by atoms with Crippen LogP contribution in [0.5, 0.6) is 0 Å². The Hall–Kier alpha value is -3.38. The van der Waals surface area contributed by atoms with Crippen molar-refractivity contribution in [3.8, 4) is 17.2 Å². The summed E-state index contributed by atoms with van der Waals surface area (Å²) in [6.45, 7) is 0.358. The molecular weight excluding hydrogens is 296 g/mol. The molecule has 115 valence electrons. The van der Waals surface area contributed by atoms with Gasteiger partial charge in [-0.25, -0.2) is 0 Å². The maximum absolute atomic E-state index is 9.00. The van der Waals surface area contributed by atoms with Crippen molar-refractivity contribution in [3.63, 3.8) is 0 Å². The van der Waals surface area contributed by atoms with E-state index in [9.17, 15) is 0 Å². The maximum atomic E-state index is 9.00. The van der Waals surface area contributed by atoms with Gasteiger partial charge in [-0.2, -0.15) is 5.26 Å². The van der Waals surface area contributed by atoms with Gasteiger partial charge in [0.1, 0.15) is 12.8 Å². The molecule has 3 heteroatoms. The average molecular weight is 311 g/mol. The minimum atomic E-state index is 0.358. The third-order valence-corrected chi connectivity index (χ3v) is 3.57. The third kappa shape index (κ3) is 3.88. The highest BCUT2D eigenvalue weighted by Gasteiger charge is 1.99. The Morgan fingerprint density at radius 1 is 0.750 bits per heavy atom. The van der Waals surface area contributed by atoms with Gasteiger partial charge < -0.3 is 4.84 Å². The second kappa shape index (κ2) is 7.75. The summed E-state index contributed by atoms with van der Waals surface area (Å²) in [6, 6.07) is 27.6. The van der Waals surface area contributed by atoms with E-state index in [1.165, 1.54) is 5.56 Å². The molecule has 0 spiro atoms. The van der Waals surface area contributed by atoms with Gasteiger partial charge >= 0.3 is 0 Å². The van der Waals surface area contributed by atoms with E-state index in [0.717, 1.165) is 11.1 Å². The first-order valence-electron chi connectivity index (χ1n) is 7.58. The molecule has 0 bridgehead atoms. The molecule has 0 heterocycles. The smallest absolute Gasteiger partial charge is 0.142 e. The standard InChI is InChI=1S/C21H15N2O/c22-14-20-8-4-5-9-21(20)15-23-24-16-17-10-12-19(13-11-17)18-6-2-1-3-7-18/h1-13H,16H2. The van der Waals surface area contributed by atoms with Crippen LogP contribution in [0.25, 0.3) is 11.1 Å². The molecule has 0 aliphatic heterocycles. The van der Waals surface area contributed by atoms with E-state index in [4.69, 9.17) is 10.1 Å². The van der Waals surface area contributed by atoms with Crippen LogP contribution in [0, 0.1) is 11.3 Å². The maximum Gasteiger partial charge on any atom is 0.142 e. The molecule has 0 saturated heterocycles. The summed E-state index contributed by atoms with van der Waals surface area (Å²) in [7, 11) is 0. The average Bonchev–Trinajstić information content (AvgIpc) is 2.67. The number of nitrogens with zero attached hydrogens (tertiary/aromatic N) is 2. The molecule has 0 unspecified atom stereocenters. The summed E-state index contributed by atoms with van der Waals surface area (Å²) in [5.74, 6) is 0. The summed E-state index contributed by atoms with van der Waals surface area (Å²) < 4.78 is 0. The lowest BCUT2D eigenvalue weighted by atomic mass is 10.0. The summed E-state index contributed by atoms with van der Waals surface area (Å²) in [6.07, 6.45) is 2.75. The summed E-state index contributed by atoms with van der Waals surface area (Å²) in [5, 5.41) is 12.8. The molecule has 0 N–H and O–H groups in total. The van der Waals surface area contributed by atoms with Crippen LogP contribution in [0.2, 0.25) is 0 Å². The molecule has 24 heavy (non-hydrogen) atoms. The van der Waals surface area contributed by atoms with Crippen molar-refractivity contribution < 1.29 is 4.84 Å². The van der Waals surface area contributed by atoms with Gasteiger partial charge in [-0.1, -0.05) is 78.0 Å². The van der Waals surface area contributed by atoms with E-state index in [1.807, 2.05) is 36.4 Å². The summed E-state index contributed by atoms with van der Waals surface area (Å²) in [4.78, 5) is 5.27. The van der Waals surface area contributed by atoms with E-state index < -0.39 is 0 Å². The molecule has 0 aromatic heterocycles. The minimum Gasteiger partial charge on any atom is -0.390 e. The van der Waals surface area contributed by atoms with Gasteiger partial charge in [0.2, 0.25) is 0 Å². The molecule has 3 rings (SSSR count). The Labute approximate surface area is 141 Å². The highest BCUT2D eigenvalue weighted by molar-refractivity contribution is 5.82. The zero-order valence-corrected chi connectivity index (χ0v) is 13.0. The zero-order chi connectivity index (χ0) is 16.6. The Kier molecular flexibility index (Phi) is 5.01. The van der Waals surface area contributed by atoms with Crippen LogP contribution < -0.4 is 0 Å². The predicted octanol–water partition coefficient (Wildman–Crippen LogP) is 4.65. The lowest BCUT2D eigenvalue weighted by Gasteiger charge is -2.04. The van der Waals surface area contributed by atoms with E-state index in [2.05, 4.69) is 41.7 Å². The fraction of sp³-hybridized carbons (Fsp3) is 0.0476. The normalized spacial score (nSPS) is 10.5. The zero-order valence-electron chi connectivity index (χ0n) is 13.0. The second-order valence-electron chi connectivity index (χ2n) is 5.20. The monoisotopic (exact) mass is 311 g/mol. The lowest BCUT2D eigenvalue weighted by Crippen LogP contribution is -1.90. The Morgan fingerprint density at radius 2 is 1.38 bits per heavy atom. The van der Waals surface area contributed by atoms with Crippen molar-refractivity contribution in [1.29, 1.82) is 5.26 Å². The van der Waals surface area contributed by atoms with E-state index >= 15 is 0 Å². The molecule has 0 fully saturated rings. The van der Waals surface area contributed by atoms with E-state index in [1.54, 1.807) is 18.2 Å². The first-order chi connectivity index (χ1) is 11.9. The minimum absolute atomic E-state index is 0.358. The fourth-order valence-electron chi connectivity index (χ4n) is 2.29. The van der Waals surface area contributed by atoms with Crippen molar-refractivity contribution in [2.45, 2.75) is 6.61 Å². The van der Waals surface area contributed by atoms with Gasteiger partial charge in [-0.15, -0.1) is 0 Å². The van der Waals surface area contributed by atoms with Crippen LogP contribution in [0.4, 0.5) is 0 Å². The van der Waals surface area contributed by atoms with Gasteiger partial charge in [-0.05, 0) is 22.8 Å². The third-order valence-electron chi connectivity index (χ3n) is 3.57. The highest BCUT2D eigenvalue weighted by Crippen LogP contribution is 2.19. The van der Waals surface area contributed by atoms with Crippen LogP contribution in [0.1, 0.15) is 16.7 Å². The van der Waals surface area contributed by atoms with Gasteiger partial charge in [0.15, 0.2) is 0 Å². The van der Waals surface area contributed by atoms with E-state index in [0.29, 0.717) is 17.7 Å². The van der Waals surface area contributed by atoms with Gasteiger partial charge in [0.05, 0.1) is 11.6 Å². The second-order valence-corrected chi connectivity index (χ2v) is 5.20. The number of hydrogen-bond acceptors (Lipinski definition) is 3. The first-order valence-corrected chi connectivity index (χ1v) is 7.58. The van der Waals surface area contributed by atoms with Crippen LogP contribution in [0.3, 0.4) is 0 Å². The molecule has 0 aliphatic rings. The van der Waals surface area contributed by atoms with Gasteiger partial charge in [-0.3, -0.25) is 0 Å².